The van der Waals surface area contributed by atoms with Crippen molar-refractivity contribution in [1.82, 2.24) is 10.6 Å². The van der Waals surface area contributed by atoms with Gasteiger partial charge in [-0.15, -0.1) is 0 Å². The van der Waals surface area contributed by atoms with Gasteiger partial charge >= 0.3 is 5.97 Å². The summed E-state index contributed by atoms with van der Waals surface area (Å²) in [6.45, 7) is 7.70. The summed E-state index contributed by atoms with van der Waals surface area (Å²) in [5.74, 6) is 2.04. The Bertz CT molecular complexity index is 346. The van der Waals surface area contributed by atoms with Crippen molar-refractivity contribution in [2.45, 2.75) is 63.0 Å². The maximum absolute atomic E-state index is 11.4. The van der Waals surface area contributed by atoms with E-state index in [0.29, 0.717) is 23.8 Å². The monoisotopic (exact) mass is 284 g/mol. The van der Waals surface area contributed by atoms with E-state index in [1.165, 1.54) is 0 Å². The van der Waals surface area contributed by atoms with Gasteiger partial charge in [-0.2, -0.15) is 11.8 Å². The highest BCUT2D eigenvalue weighted by Crippen LogP contribution is 2.34. The number of nitrogens with one attached hydrogen (secondary N) is 2. The van der Waals surface area contributed by atoms with Gasteiger partial charge in [0.1, 0.15) is 0 Å². The average molecular weight is 284 g/mol. The molecule has 2 aliphatic rings. The highest BCUT2D eigenvalue weighted by atomic mass is 32.2. The van der Waals surface area contributed by atoms with E-state index in [1.54, 1.807) is 0 Å². The second-order valence-electron chi connectivity index (χ2n) is 5.56. The number of carbonyl (C=O) groups is 1. The third-order valence-corrected chi connectivity index (χ3v) is 5.02. The molecule has 0 radical (unpaired) electrons. The predicted molar refractivity (Wildman–Crippen MR) is 78.9 cm³/mol. The van der Waals surface area contributed by atoms with E-state index in [1.807, 2.05) is 25.6 Å². The first-order valence-electron chi connectivity index (χ1n) is 7.09. The number of carbonyl (C=O) groups excluding carboxylic acids is 1. The van der Waals surface area contributed by atoms with E-state index >= 15 is 0 Å². The van der Waals surface area contributed by atoms with Gasteiger partial charge in [0.2, 0.25) is 0 Å². The number of ether oxygens (including phenoxy) is 1. The minimum atomic E-state index is -0.0685. The van der Waals surface area contributed by atoms with Crippen molar-refractivity contribution in [3.63, 3.8) is 0 Å². The van der Waals surface area contributed by atoms with Crippen LogP contribution in [-0.2, 0) is 9.53 Å². The molecule has 0 spiro atoms. The Kier molecular flexibility index (Phi) is 5.02. The number of hydrogen-bond donors (Lipinski definition) is 2. The molecule has 108 valence electrons. The lowest BCUT2D eigenvalue weighted by Crippen LogP contribution is -2.36. The minimum absolute atomic E-state index is 0.00146. The molecule has 2 heterocycles. The number of thioether (sulfide) groups is 1. The normalized spacial score (nSPS) is 29.0. The summed E-state index contributed by atoms with van der Waals surface area (Å²) in [4.78, 5) is 11.4. The lowest BCUT2D eigenvalue weighted by molar-refractivity contribution is -0.147. The quantitative estimate of drug-likeness (QED) is 0.577. The van der Waals surface area contributed by atoms with Crippen molar-refractivity contribution in [3.05, 3.63) is 12.4 Å². The maximum atomic E-state index is 11.4. The first-order valence-corrected chi connectivity index (χ1v) is 8.14. The molecule has 2 N–H and O–H groups in total. The van der Waals surface area contributed by atoms with Gasteiger partial charge in [0.25, 0.3) is 0 Å². The third kappa shape index (κ3) is 4.06. The highest BCUT2D eigenvalue weighted by molar-refractivity contribution is 8.00. The standard InChI is InChI=1S/C14H24N2O2S/c1-9(2)18-13(17)7-5-4-6-12-14-11(8-19-12)15-10(3)16-14/h9,11-12,14-16H,3-8H2,1-2H3/t11-,12-,14-/m0/s1. The van der Waals surface area contributed by atoms with E-state index in [4.69, 9.17) is 4.74 Å². The van der Waals surface area contributed by atoms with Crippen LogP contribution in [0.15, 0.2) is 12.4 Å². The van der Waals surface area contributed by atoms with Gasteiger partial charge in [0.05, 0.1) is 24.0 Å². The smallest absolute Gasteiger partial charge is 0.306 e. The highest BCUT2D eigenvalue weighted by Gasteiger charge is 2.40. The van der Waals surface area contributed by atoms with Crippen LogP contribution < -0.4 is 10.6 Å². The summed E-state index contributed by atoms with van der Waals surface area (Å²) in [5, 5.41) is 7.44. The fraction of sp³-hybridized carbons (Fsp3) is 0.786. The largest absolute Gasteiger partial charge is 0.463 e. The zero-order chi connectivity index (χ0) is 13.8. The van der Waals surface area contributed by atoms with Crippen LogP contribution in [0.25, 0.3) is 0 Å². The Hall–Kier alpha value is -0.840. The SMILES string of the molecule is C=C1N[C@H]2[C@H](CS[C@H]2CCCCC(=O)OC(C)C)N1. The predicted octanol–water partition coefficient (Wildman–Crippen LogP) is 2.01. The van der Waals surface area contributed by atoms with Crippen LogP contribution in [0.3, 0.4) is 0 Å². The van der Waals surface area contributed by atoms with Crippen LogP contribution in [0.2, 0.25) is 0 Å². The molecule has 0 amide bonds. The van der Waals surface area contributed by atoms with Crippen LogP contribution in [0, 0.1) is 0 Å². The van der Waals surface area contributed by atoms with Crippen molar-refractivity contribution in [2.24, 2.45) is 0 Å². The first kappa shape index (κ1) is 14.6. The molecular formula is C14H24N2O2S. The summed E-state index contributed by atoms with van der Waals surface area (Å²) in [6.07, 6.45) is 3.71. The Balaban J connectivity index is 1.61. The van der Waals surface area contributed by atoms with Gasteiger partial charge in [-0.1, -0.05) is 13.0 Å². The molecule has 0 aromatic rings. The molecule has 2 aliphatic heterocycles. The van der Waals surface area contributed by atoms with Crippen molar-refractivity contribution in [1.29, 1.82) is 0 Å². The molecule has 2 saturated heterocycles. The van der Waals surface area contributed by atoms with Crippen LogP contribution in [0.1, 0.15) is 39.5 Å². The molecule has 0 aromatic heterocycles. The van der Waals surface area contributed by atoms with E-state index in [-0.39, 0.29) is 12.1 Å². The van der Waals surface area contributed by atoms with Crippen LogP contribution in [0.4, 0.5) is 0 Å². The summed E-state index contributed by atoms with van der Waals surface area (Å²) in [6, 6.07) is 1.05. The molecule has 5 heteroatoms. The Morgan fingerprint density at radius 2 is 2.26 bits per heavy atom. The molecule has 4 nitrogen and oxygen atoms in total. The molecular weight excluding hydrogens is 260 g/mol. The van der Waals surface area contributed by atoms with Gasteiger partial charge in [-0.25, -0.2) is 0 Å². The number of unbranched alkanes of at least 4 members (excludes halogenated alkanes) is 1. The Morgan fingerprint density at radius 3 is 3.00 bits per heavy atom. The van der Waals surface area contributed by atoms with Crippen LogP contribution in [0.5, 0.6) is 0 Å². The molecule has 0 saturated carbocycles. The minimum Gasteiger partial charge on any atom is -0.463 e. The summed E-state index contributed by atoms with van der Waals surface area (Å²) in [7, 11) is 0. The summed E-state index contributed by atoms with van der Waals surface area (Å²) >= 11 is 2.02. The van der Waals surface area contributed by atoms with E-state index in [0.717, 1.165) is 30.8 Å². The van der Waals surface area contributed by atoms with Crippen molar-refractivity contribution in [3.8, 4) is 0 Å². The third-order valence-electron chi connectivity index (χ3n) is 3.51. The lowest BCUT2D eigenvalue weighted by Gasteiger charge is -2.17. The van der Waals surface area contributed by atoms with Crippen LogP contribution in [-0.4, -0.2) is 35.2 Å². The van der Waals surface area contributed by atoms with Gasteiger partial charge in [-0.3, -0.25) is 4.79 Å². The zero-order valence-electron chi connectivity index (χ0n) is 11.8. The number of fused-ring (bicyclic) bond motifs is 1. The Labute approximate surface area is 119 Å². The average Bonchev–Trinajstić information content (AvgIpc) is 2.83. The van der Waals surface area contributed by atoms with Gasteiger partial charge in [0.15, 0.2) is 0 Å². The number of hydrogen-bond acceptors (Lipinski definition) is 5. The summed E-state index contributed by atoms with van der Waals surface area (Å²) in [5.41, 5.74) is 0. The van der Waals surface area contributed by atoms with Gasteiger partial charge < -0.3 is 15.4 Å². The molecule has 0 bridgehead atoms. The Morgan fingerprint density at radius 1 is 1.47 bits per heavy atom. The van der Waals surface area contributed by atoms with Crippen molar-refractivity contribution in [2.75, 3.05) is 5.75 Å². The van der Waals surface area contributed by atoms with Crippen molar-refractivity contribution >= 4 is 17.7 Å². The fourth-order valence-electron chi connectivity index (χ4n) is 2.68. The zero-order valence-corrected chi connectivity index (χ0v) is 12.6. The first-order chi connectivity index (χ1) is 9.06. The molecule has 3 atom stereocenters. The molecule has 0 aliphatic carbocycles. The van der Waals surface area contributed by atoms with E-state index in [9.17, 15) is 4.79 Å². The molecule has 19 heavy (non-hydrogen) atoms. The second kappa shape index (κ2) is 6.55. The molecule has 2 fully saturated rings. The lowest BCUT2D eigenvalue weighted by atomic mass is 10.0. The van der Waals surface area contributed by atoms with Crippen molar-refractivity contribution < 1.29 is 9.53 Å². The van der Waals surface area contributed by atoms with E-state index < -0.39 is 0 Å². The second-order valence-corrected chi connectivity index (χ2v) is 6.83. The van der Waals surface area contributed by atoms with Gasteiger partial charge in [0, 0.05) is 17.4 Å². The molecule has 2 rings (SSSR count). The van der Waals surface area contributed by atoms with E-state index in [2.05, 4.69) is 17.2 Å². The topological polar surface area (TPSA) is 50.4 Å². The van der Waals surface area contributed by atoms with Gasteiger partial charge in [-0.05, 0) is 26.7 Å². The number of rotatable bonds is 6. The summed E-state index contributed by atoms with van der Waals surface area (Å²) < 4.78 is 5.13. The fourth-order valence-corrected chi connectivity index (χ4v) is 4.23. The molecule has 0 unspecified atom stereocenters. The number of esters is 1. The van der Waals surface area contributed by atoms with Crippen LogP contribution >= 0.6 is 11.8 Å². The molecule has 0 aromatic carbocycles. The maximum Gasteiger partial charge on any atom is 0.306 e.